The Morgan fingerprint density at radius 1 is 1.39 bits per heavy atom. The molecule has 2 bridgehead atoms. The molecule has 3 heteroatoms. The van der Waals surface area contributed by atoms with E-state index in [9.17, 15) is 0 Å². The molecule has 1 aliphatic heterocycles. The topological polar surface area (TPSA) is 25.6 Å². The second kappa shape index (κ2) is 6.10. The predicted octanol–water partition coefficient (Wildman–Crippen LogP) is 3.76. The third-order valence-electron chi connectivity index (χ3n) is 3.76. The lowest BCUT2D eigenvalue weighted by molar-refractivity contribution is 0.181. The van der Waals surface area contributed by atoms with E-state index in [1.165, 1.54) is 32.2 Å². The molecular weight excluding hydrogens is 226 g/mol. The van der Waals surface area contributed by atoms with Gasteiger partial charge in [-0.25, -0.2) is 0 Å². The van der Waals surface area contributed by atoms with Gasteiger partial charge in [-0.05, 0) is 45.0 Å². The quantitative estimate of drug-likeness (QED) is 0.810. The molecule has 0 N–H and O–H groups in total. The average molecular weight is 249 g/mol. The molecule has 0 saturated carbocycles. The van der Waals surface area contributed by atoms with Crippen LogP contribution in [-0.4, -0.2) is 31.6 Å². The Hall–Kier alpha value is -1.22. The fourth-order valence-electron chi connectivity index (χ4n) is 2.58. The van der Waals surface area contributed by atoms with E-state index < -0.39 is 0 Å². The molecule has 0 amide bonds. The number of hydrogen-bond donors (Lipinski definition) is 0. The van der Waals surface area contributed by atoms with E-state index in [1.54, 1.807) is 7.11 Å². The molecule has 0 aliphatic carbocycles. The van der Waals surface area contributed by atoms with Crippen molar-refractivity contribution in [3.05, 3.63) is 18.2 Å². The van der Waals surface area contributed by atoms with Gasteiger partial charge in [0.1, 0.15) is 5.58 Å². The van der Waals surface area contributed by atoms with Crippen molar-refractivity contribution in [2.45, 2.75) is 38.6 Å². The molecule has 18 heavy (non-hydrogen) atoms. The van der Waals surface area contributed by atoms with Crippen LogP contribution >= 0.6 is 0 Å². The molecule has 0 radical (unpaired) electrons. The number of methoxy groups -OCH3 is 1. The molecule has 1 aliphatic rings. The molecule has 0 aromatic carbocycles. The lowest BCUT2D eigenvalue weighted by Gasteiger charge is -2.31. The Labute approximate surface area is 109 Å². The lowest BCUT2D eigenvalue weighted by atomic mass is 10.0. The van der Waals surface area contributed by atoms with Gasteiger partial charge >= 0.3 is 0 Å². The molecule has 2 aromatic heterocycles. The third kappa shape index (κ3) is 2.96. The van der Waals surface area contributed by atoms with Gasteiger partial charge < -0.3 is 14.1 Å². The van der Waals surface area contributed by atoms with Crippen molar-refractivity contribution in [3.63, 3.8) is 0 Å². The Morgan fingerprint density at radius 3 is 2.61 bits per heavy atom. The third-order valence-corrected chi connectivity index (χ3v) is 3.76. The van der Waals surface area contributed by atoms with Crippen molar-refractivity contribution in [1.82, 2.24) is 4.90 Å². The van der Waals surface area contributed by atoms with Gasteiger partial charge in [-0.15, -0.1) is 0 Å². The van der Waals surface area contributed by atoms with Crippen LogP contribution in [0.5, 0.6) is 5.75 Å². The number of benzene rings is 1. The second-order valence-electron chi connectivity index (χ2n) is 4.95. The Bertz CT molecular complexity index is 451. The number of nitrogens with zero attached hydrogens (tertiary/aromatic N) is 1. The first-order valence-corrected chi connectivity index (χ1v) is 6.80. The van der Waals surface area contributed by atoms with Gasteiger partial charge in [0.2, 0.25) is 0 Å². The van der Waals surface area contributed by atoms with Crippen molar-refractivity contribution in [3.8, 4) is 5.75 Å². The maximum absolute atomic E-state index is 5.18. The standard InChI is InChI=1S/C8H17N.C7H6O2/c1-3-8-6-4-5-7-9(8)2;1-8-7-4-5-2-3-6(7)9-5/h8H,3-7H2,1-2H3;2-4H,1H3. The SMILES string of the molecule is CCC1CCCCN1C.COc1cc2ccc1o2. The Kier molecular flexibility index (Phi) is 4.48. The van der Waals surface area contributed by atoms with Gasteiger partial charge in [0.25, 0.3) is 0 Å². The van der Waals surface area contributed by atoms with Gasteiger partial charge in [-0.2, -0.15) is 0 Å². The van der Waals surface area contributed by atoms with Crippen LogP contribution in [0, 0.1) is 0 Å². The maximum atomic E-state index is 5.18. The van der Waals surface area contributed by atoms with Crippen LogP contribution in [0.3, 0.4) is 0 Å². The molecule has 2 aromatic rings. The highest BCUT2D eigenvalue weighted by atomic mass is 16.5. The summed E-state index contributed by atoms with van der Waals surface area (Å²) < 4.78 is 10.2. The summed E-state index contributed by atoms with van der Waals surface area (Å²) >= 11 is 0. The van der Waals surface area contributed by atoms with Crippen molar-refractivity contribution in [1.29, 1.82) is 0 Å². The van der Waals surface area contributed by atoms with Crippen LogP contribution in [0.25, 0.3) is 11.2 Å². The van der Waals surface area contributed by atoms with Crippen molar-refractivity contribution >= 4 is 11.2 Å². The van der Waals surface area contributed by atoms with Crippen LogP contribution in [0.2, 0.25) is 0 Å². The van der Waals surface area contributed by atoms with E-state index >= 15 is 0 Å². The summed E-state index contributed by atoms with van der Waals surface area (Å²) in [6.45, 7) is 3.60. The summed E-state index contributed by atoms with van der Waals surface area (Å²) in [5, 5.41) is 0. The van der Waals surface area contributed by atoms with Crippen molar-refractivity contribution < 1.29 is 9.15 Å². The highest BCUT2D eigenvalue weighted by Gasteiger charge is 2.15. The Balaban J connectivity index is 0.000000134. The molecule has 1 unspecified atom stereocenters. The van der Waals surface area contributed by atoms with Gasteiger partial charge in [0, 0.05) is 12.1 Å². The highest BCUT2D eigenvalue weighted by Crippen LogP contribution is 2.27. The van der Waals surface area contributed by atoms with Crippen LogP contribution in [0.15, 0.2) is 22.6 Å². The monoisotopic (exact) mass is 249 g/mol. The van der Waals surface area contributed by atoms with E-state index in [0.717, 1.165) is 23.0 Å². The Morgan fingerprint density at radius 2 is 2.22 bits per heavy atom. The number of piperidine rings is 1. The number of hydrogen-bond acceptors (Lipinski definition) is 3. The first kappa shape index (κ1) is 13.2. The maximum Gasteiger partial charge on any atom is 0.169 e. The number of furan rings is 2. The fraction of sp³-hybridized carbons (Fsp3) is 0.600. The fourth-order valence-corrected chi connectivity index (χ4v) is 2.58. The number of rotatable bonds is 2. The summed E-state index contributed by atoms with van der Waals surface area (Å²) in [7, 11) is 3.88. The molecule has 3 rings (SSSR count). The molecule has 1 saturated heterocycles. The minimum absolute atomic E-state index is 0.826. The van der Waals surface area contributed by atoms with E-state index in [1.807, 2.05) is 18.2 Å². The molecule has 3 heterocycles. The summed E-state index contributed by atoms with van der Waals surface area (Å²) in [4.78, 5) is 2.49. The van der Waals surface area contributed by atoms with E-state index in [4.69, 9.17) is 9.15 Å². The number of ether oxygens (including phenoxy) is 1. The zero-order valence-corrected chi connectivity index (χ0v) is 11.6. The second-order valence-corrected chi connectivity index (χ2v) is 4.95. The molecule has 1 fully saturated rings. The van der Waals surface area contributed by atoms with Gasteiger partial charge in [-0.3, -0.25) is 0 Å². The zero-order valence-electron chi connectivity index (χ0n) is 11.6. The number of likely N-dealkylation sites (tertiary alicyclic amines) is 1. The lowest BCUT2D eigenvalue weighted by Crippen LogP contribution is -2.35. The first-order valence-electron chi connectivity index (χ1n) is 6.80. The van der Waals surface area contributed by atoms with Gasteiger partial charge in [-0.1, -0.05) is 13.3 Å². The summed E-state index contributed by atoms with van der Waals surface area (Å²) in [6.07, 6.45) is 5.61. The summed E-state index contributed by atoms with van der Waals surface area (Å²) in [5.41, 5.74) is 1.70. The van der Waals surface area contributed by atoms with Gasteiger partial charge in [0.05, 0.1) is 7.11 Å². The smallest absolute Gasteiger partial charge is 0.169 e. The van der Waals surface area contributed by atoms with E-state index in [0.29, 0.717) is 0 Å². The van der Waals surface area contributed by atoms with Crippen LogP contribution in [0.4, 0.5) is 0 Å². The minimum Gasteiger partial charge on any atom is -0.493 e. The zero-order chi connectivity index (χ0) is 13.0. The summed E-state index contributed by atoms with van der Waals surface area (Å²) in [5.74, 6) is 0.826. The normalized spacial score (nSPS) is 20.7. The van der Waals surface area contributed by atoms with Crippen molar-refractivity contribution in [2.24, 2.45) is 0 Å². The molecule has 100 valence electrons. The van der Waals surface area contributed by atoms with Crippen molar-refractivity contribution in [2.75, 3.05) is 20.7 Å². The minimum atomic E-state index is 0.826. The molecule has 0 spiro atoms. The van der Waals surface area contributed by atoms with Crippen LogP contribution < -0.4 is 4.74 Å². The first-order chi connectivity index (χ1) is 8.74. The number of fused-ring (bicyclic) bond motifs is 2. The molecular formula is C15H23NO2. The van der Waals surface area contributed by atoms with Gasteiger partial charge in [0.15, 0.2) is 11.3 Å². The van der Waals surface area contributed by atoms with Crippen LogP contribution in [0.1, 0.15) is 32.6 Å². The average Bonchev–Trinajstić information content (AvgIpc) is 3.02. The van der Waals surface area contributed by atoms with E-state index in [-0.39, 0.29) is 0 Å². The van der Waals surface area contributed by atoms with Crippen LogP contribution in [-0.2, 0) is 0 Å². The highest BCUT2D eigenvalue weighted by molar-refractivity contribution is 5.69. The molecule has 1 atom stereocenters. The largest absolute Gasteiger partial charge is 0.493 e. The van der Waals surface area contributed by atoms with E-state index in [2.05, 4.69) is 18.9 Å². The predicted molar refractivity (Wildman–Crippen MR) is 74.5 cm³/mol. The molecule has 3 nitrogen and oxygen atoms in total. The summed E-state index contributed by atoms with van der Waals surface area (Å²) in [6, 6.07) is 6.57.